The molecule has 1 fully saturated rings. The molecule has 5 nitrogen and oxygen atoms in total. The van der Waals surface area contributed by atoms with Crippen molar-refractivity contribution in [1.82, 2.24) is 4.98 Å². The van der Waals surface area contributed by atoms with Crippen LogP contribution in [-0.4, -0.2) is 18.1 Å². The highest BCUT2D eigenvalue weighted by Gasteiger charge is 2.12. The van der Waals surface area contributed by atoms with Crippen molar-refractivity contribution in [2.75, 3.05) is 29.0 Å². The van der Waals surface area contributed by atoms with Gasteiger partial charge in [-0.1, -0.05) is 0 Å². The zero-order valence-electron chi connectivity index (χ0n) is 11.7. The van der Waals surface area contributed by atoms with Gasteiger partial charge in [0.1, 0.15) is 6.07 Å². The van der Waals surface area contributed by atoms with E-state index in [0.717, 1.165) is 18.8 Å². The van der Waals surface area contributed by atoms with Gasteiger partial charge < -0.3 is 16.0 Å². The van der Waals surface area contributed by atoms with Crippen molar-refractivity contribution >= 4 is 22.9 Å². The molecule has 0 atom stereocenters. The Morgan fingerprint density at radius 2 is 1.90 bits per heavy atom. The van der Waals surface area contributed by atoms with Gasteiger partial charge in [-0.05, 0) is 43.2 Å². The molecule has 0 bridgehead atoms. The number of nitriles is 1. The summed E-state index contributed by atoms with van der Waals surface area (Å²) in [7, 11) is 0. The first-order valence-electron chi connectivity index (χ1n) is 7.04. The fourth-order valence-corrected chi connectivity index (χ4v) is 2.52. The Morgan fingerprint density at radius 1 is 1.19 bits per heavy atom. The van der Waals surface area contributed by atoms with E-state index in [0.29, 0.717) is 17.1 Å². The number of pyridine rings is 1. The SMILES string of the molecule is N#Cc1cnc(Nc2ccc(N3CCCC3)cc2)c(N)c1. The molecular formula is C16H17N5. The van der Waals surface area contributed by atoms with Crippen molar-refractivity contribution in [2.24, 2.45) is 0 Å². The lowest BCUT2D eigenvalue weighted by molar-refractivity contribution is 0.949. The van der Waals surface area contributed by atoms with Crippen molar-refractivity contribution in [2.45, 2.75) is 12.8 Å². The largest absolute Gasteiger partial charge is 0.396 e. The van der Waals surface area contributed by atoms with Gasteiger partial charge in [-0.25, -0.2) is 4.98 Å². The van der Waals surface area contributed by atoms with Crippen molar-refractivity contribution < 1.29 is 0 Å². The molecule has 2 aromatic rings. The van der Waals surface area contributed by atoms with E-state index in [-0.39, 0.29) is 0 Å². The van der Waals surface area contributed by atoms with Crippen molar-refractivity contribution in [3.63, 3.8) is 0 Å². The number of hydrogen-bond donors (Lipinski definition) is 2. The molecule has 0 radical (unpaired) electrons. The first-order chi connectivity index (χ1) is 10.3. The summed E-state index contributed by atoms with van der Waals surface area (Å²) in [5, 5.41) is 12.0. The first-order valence-corrected chi connectivity index (χ1v) is 7.04. The maximum atomic E-state index is 8.81. The van der Waals surface area contributed by atoms with Crippen LogP contribution in [0.25, 0.3) is 0 Å². The predicted octanol–water partition coefficient (Wildman–Crippen LogP) is 2.88. The van der Waals surface area contributed by atoms with Gasteiger partial charge in [0.25, 0.3) is 0 Å². The molecule has 3 rings (SSSR count). The molecule has 0 saturated carbocycles. The highest BCUT2D eigenvalue weighted by molar-refractivity contribution is 5.70. The Hall–Kier alpha value is -2.74. The molecule has 3 N–H and O–H groups in total. The topological polar surface area (TPSA) is 78.0 Å². The molecule has 5 heteroatoms. The summed E-state index contributed by atoms with van der Waals surface area (Å²) in [5.74, 6) is 0.572. The quantitative estimate of drug-likeness (QED) is 0.903. The van der Waals surface area contributed by atoms with E-state index >= 15 is 0 Å². The standard InChI is InChI=1S/C16H17N5/c17-10-12-9-15(18)16(19-11-12)20-13-3-5-14(6-4-13)21-7-1-2-8-21/h3-6,9,11H,1-2,7-8,18H2,(H,19,20). The fraction of sp³-hybridized carbons (Fsp3) is 0.250. The van der Waals surface area contributed by atoms with Crippen LogP contribution >= 0.6 is 0 Å². The lowest BCUT2D eigenvalue weighted by Crippen LogP contribution is -2.17. The maximum absolute atomic E-state index is 8.81. The van der Waals surface area contributed by atoms with Crippen LogP contribution in [0, 0.1) is 11.3 Å². The summed E-state index contributed by atoms with van der Waals surface area (Å²) in [6.07, 6.45) is 4.05. The molecule has 106 valence electrons. The third-order valence-corrected chi connectivity index (χ3v) is 3.65. The van der Waals surface area contributed by atoms with Crippen LogP contribution < -0.4 is 16.0 Å². The summed E-state index contributed by atoms with van der Waals surface area (Å²) >= 11 is 0. The molecule has 2 heterocycles. The maximum Gasteiger partial charge on any atom is 0.153 e. The second-order valence-corrected chi connectivity index (χ2v) is 5.14. The Kier molecular flexibility index (Phi) is 3.61. The Bertz CT molecular complexity index is 666. The minimum absolute atomic E-state index is 0.461. The normalized spacial score (nSPS) is 14.0. The Labute approximate surface area is 124 Å². The molecule has 21 heavy (non-hydrogen) atoms. The van der Waals surface area contributed by atoms with Crippen molar-refractivity contribution in [1.29, 1.82) is 5.26 Å². The third kappa shape index (κ3) is 2.90. The van der Waals surface area contributed by atoms with Gasteiger partial charge in [-0.2, -0.15) is 5.26 Å². The average Bonchev–Trinajstić information content (AvgIpc) is 3.04. The van der Waals surface area contributed by atoms with Crippen LogP contribution in [0.4, 0.5) is 22.9 Å². The van der Waals surface area contributed by atoms with Crippen LogP contribution in [0.2, 0.25) is 0 Å². The van der Waals surface area contributed by atoms with Gasteiger partial charge in [-0.15, -0.1) is 0 Å². The third-order valence-electron chi connectivity index (χ3n) is 3.65. The molecule has 1 aliphatic rings. The average molecular weight is 279 g/mol. The van der Waals surface area contributed by atoms with Gasteiger partial charge >= 0.3 is 0 Å². The summed E-state index contributed by atoms with van der Waals surface area (Å²) in [5.41, 5.74) is 9.00. The van der Waals surface area contributed by atoms with Crippen LogP contribution in [0.15, 0.2) is 36.5 Å². The Balaban J connectivity index is 1.74. The number of hydrogen-bond acceptors (Lipinski definition) is 5. The summed E-state index contributed by atoms with van der Waals surface area (Å²) in [6.45, 7) is 2.27. The smallest absolute Gasteiger partial charge is 0.153 e. The predicted molar refractivity (Wildman–Crippen MR) is 84.5 cm³/mol. The number of nitrogens with two attached hydrogens (primary N) is 1. The summed E-state index contributed by atoms with van der Waals surface area (Å²) < 4.78 is 0. The van der Waals surface area contributed by atoms with E-state index in [4.69, 9.17) is 11.0 Å². The summed E-state index contributed by atoms with van der Waals surface area (Å²) in [4.78, 5) is 6.56. The van der Waals surface area contributed by atoms with Crippen molar-refractivity contribution in [3.8, 4) is 6.07 Å². The van der Waals surface area contributed by atoms with E-state index in [9.17, 15) is 0 Å². The zero-order chi connectivity index (χ0) is 14.7. The monoisotopic (exact) mass is 279 g/mol. The van der Waals surface area contributed by atoms with Crippen LogP contribution in [0.3, 0.4) is 0 Å². The molecule has 0 unspecified atom stereocenters. The number of rotatable bonds is 3. The van der Waals surface area contributed by atoms with Gasteiger partial charge in [-0.3, -0.25) is 0 Å². The lowest BCUT2D eigenvalue weighted by atomic mass is 10.2. The number of nitrogen functional groups attached to an aromatic ring is 1. The zero-order valence-corrected chi connectivity index (χ0v) is 11.7. The second-order valence-electron chi connectivity index (χ2n) is 5.14. The van der Waals surface area contributed by atoms with Gasteiger partial charge in [0.2, 0.25) is 0 Å². The van der Waals surface area contributed by atoms with Crippen LogP contribution in [-0.2, 0) is 0 Å². The minimum Gasteiger partial charge on any atom is -0.396 e. The van der Waals surface area contributed by atoms with E-state index in [1.165, 1.54) is 24.7 Å². The van der Waals surface area contributed by atoms with E-state index in [2.05, 4.69) is 27.3 Å². The first kappa shape index (κ1) is 13.3. The molecule has 0 spiro atoms. The van der Waals surface area contributed by atoms with Crippen molar-refractivity contribution in [3.05, 3.63) is 42.1 Å². The van der Waals surface area contributed by atoms with E-state index in [1.807, 2.05) is 18.2 Å². The number of anilines is 4. The molecule has 0 amide bonds. The number of benzene rings is 1. The lowest BCUT2D eigenvalue weighted by Gasteiger charge is -2.18. The molecule has 0 aliphatic carbocycles. The highest BCUT2D eigenvalue weighted by Crippen LogP contribution is 2.25. The second kappa shape index (κ2) is 5.71. The fourth-order valence-electron chi connectivity index (χ4n) is 2.52. The number of nitrogens with zero attached hydrogens (tertiary/aromatic N) is 3. The van der Waals surface area contributed by atoms with Gasteiger partial charge in [0.15, 0.2) is 5.82 Å². The summed E-state index contributed by atoms with van der Waals surface area (Å²) in [6, 6.07) is 11.9. The minimum atomic E-state index is 0.461. The highest BCUT2D eigenvalue weighted by atomic mass is 15.1. The Morgan fingerprint density at radius 3 is 2.52 bits per heavy atom. The molecule has 1 aromatic carbocycles. The molecule has 1 saturated heterocycles. The van der Waals surface area contributed by atoms with Gasteiger partial charge in [0, 0.05) is 30.7 Å². The number of aromatic nitrogens is 1. The molecular weight excluding hydrogens is 262 g/mol. The van der Waals surface area contributed by atoms with E-state index < -0.39 is 0 Å². The van der Waals surface area contributed by atoms with Crippen LogP contribution in [0.5, 0.6) is 0 Å². The molecule has 1 aromatic heterocycles. The number of nitrogens with one attached hydrogen (secondary N) is 1. The van der Waals surface area contributed by atoms with Crippen LogP contribution in [0.1, 0.15) is 18.4 Å². The molecule has 1 aliphatic heterocycles. The van der Waals surface area contributed by atoms with E-state index in [1.54, 1.807) is 6.07 Å². The van der Waals surface area contributed by atoms with Gasteiger partial charge in [0.05, 0.1) is 11.3 Å².